The summed E-state index contributed by atoms with van der Waals surface area (Å²) in [6.07, 6.45) is 4.83. The summed E-state index contributed by atoms with van der Waals surface area (Å²) in [6.45, 7) is 2.13. The molecule has 0 radical (unpaired) electrons. The third kappa shape index (κ3) is 4.98. The highest BCUT2D eigenvalue weighted by molar-refractivity contribution is 7.88. The predicted octanol–water partition coefficient (Wildman–Crippen LogP) is 7.84. The number of benzene rings is 3. The van der Waals surface area contributed by atoms with Crippen molar-refractivity contribution in [3.8, 4) is 16.9 Å². The summed E-state index contributed by atoms with van der Waals surface area (Å²) in [6, 6.07) is 8.05. The van der Waals surface area contributed by atoms with Crippen molar-refractivity contribution in [1.82, 2.24) is 0 Å². The summed E-state index contributed by atoms with van der Waals surface area (Å²) in [7, 11) is -6.06. The lowest BCUT2D eigenvalue weighted by Gasteiger charge is -2.28. The van der Waals surface area contributed by atoms with Gasteiger partial charge in [-0.05, 0) is 78.3 Å². The minimum absolute atomic E-state index is 0.0768. The van der Waals surface area contributed by atoms with E-state index < -0.39 is 38.8 Å². The average Bonchev–Trinajstić information content (AvgIpc) is 2.79. The van der Waals surface area contributed by atoms with Crippen LogP contribution in [0.15, 0.2) is 42.5 Å². The predicted molar refractivity (Wildman–Crippen MR) is 120 cm³/mol. The van der Waals surface area contributed by atoms with E-state index in [1.807, 2.05) is 0 Å². The molecule has 35 heavy (non-hydrogen) atoms. The smallest absolute Gasteiger partial charge is 0.373 e. The van der Waals surface area contributed by atoms with Crippen LogP contribution < -0.4 is 4.18 Å². The van der Waals surface area contributed by atoms with Crippen LogP contribution >= 0.6 is 0 Å². The molecule has 0 aliphatic heterocycles. The molecule has 0 aromatic heterocycles. The normalized spacial score (nSPS) is 19.2. The van der Waals surface area contributed by atoms with E-state index in [9.17, 15) is 26.0 Å². The fourth-order valence-electron chi connectivity index (χ4n) is 4.67. The summed E-state index contributed by atoms with van der Waals surface area (Å²) in [5.74, 6) is -3.31. The third-order valence-corrected chi connectivity index (χ3v) is 7.62. The van der Waals surface area contributed by atoms with Gasteiger partial charge in [-0.25, -0.2) is 13.2 Å². The van der Waals surface area contributed by atoms with Crippen LogP contribution in [0.3, 0.4) is 0 Å². The highest BCUT2D eigenvalue weighted by Crippen LogP contribution is 2.40. The number of fused-ring (bicyclic) bond motifs is 1. The van der Waals surface area contributed by atoms with Gasteiger partial charge < -0.3 is 4.18 Å². The molecule has 0 bridgehead atoms. The van der Waals surface area contributed by atoms with Crippen LogP contribution in [-0.2, 0) is 10.1 Å². The Hall–Kier alpha value is -2.75. The number of rotatable bonds is 5. The van der Waals surface area contributed by atoms with E-state index in [-0.39, 0.29) is 27.8 Å². The van der Waals surface area contributed by atoms with Crippen molar-refractivity contribution in [2.24, 2.45) is 5.92 Å². The highest BCUT2D eigenvalue weighted by atomic mass is 32.2. The fraction of sp³-hybridized carbons (Fsp3) is 0.360. The molecule has 3 aromatic rings. The molecule has 0 heterocycles. The van der Waals surface area contributed by atoms with Crippen molar-refractivity contribution >= 4 is 20.9 Å². The van der Waals surface area contributed by atoms with Gasteiger partial charge >= 0.3 is 15.6 Å². The van der Waals surface area contributed by atoms with Crippen LogP contribution in [0.1, 0.15) is 50.5 Å². The molecular weight excluding hydrogens is 494 g/mol. The van der Waals surface area contributed by atoms with Gasteiger partial charge in [0, 0.05) is 5.39 Å². The lowest BCUT2D eigenvalue weighted by molar-refractivity contribution is -0.0500. The molecule has 3 aromatic carbocycles. The molecule has 0 N–H and O–H groups in total. The van der Waals surface area contributed by atoms with Gasteiger partial charge in [0.2, 0.25) is 0 Å². The van der Waals surface area contributed by atoms with Gasteiger partial charge in [-0.2, -0.15) is 21.6 Å². The first-order valence-corrected chi connectivity index (χ1v) is 12.5. The summed E-state index contributed by atoms with van der Waals surface area (Å²) < 4.78 is 109. The van der Waals surface area contributed by atoms with E-state index >= 15 is 8.78 Å². The van der Waals surface area contributed by atoms with Crippen molar-refractivity contribution in [2.75, 3.05) is 0 Å². The number of halogens is 6. The monoisotopic (exact) mass is 516 g/mol. The Kier molecular flexibility index (Phi) is 6.78. The second-order valence-corrected chi connectivity index (χ2v) is 10.3. The second-order valence-electron chi connectivity index (χ2n) is 8.78. The molecule has 0 saturated heterocycles. The van der Waals surface area contributed by atoms with Gasteiger partial charge in [0.05, 0.1) is 5.56 Å². The van der Waals surface area contributed by atoms with E-state index in [1.54, 1.807) is 0 Å². The van der Waals surface area contributed by atoms with Gasteiger partial charge in [-0.3, -0.25) is 0 Å². The van der Waals surface area contributed by atoms with Gasteiger partial charge in [0.25, 0.3) is 0 Å². The first-order valence-electron chi connectivity index (χ1n) is 11.1. The molecule has 1 aliphatic rings. The lowest BCUT2D eigenvalue weighted by atomic mass is 9.77. The molecule has 0 amide bonds. The molecule has 10 heteroatoms. The molecule has 0 unspecified atom stereocenters. The molecule has 1 aliphatic carbocycles. The maximum absolute atomic E-state index is 15.0. The van der Waals surface area contributed by atoms with Gasteiger partial charge in [-0.1, -0.05) is 31.5 Å². The topological polar surface area (TPSA) is 43.4 Å². The quantitative estimate of drug-likeness (QED) is 0.197. The fourth-order valence-corrected chi connectivity index (χ4v) is 5.13. The molecule has 0 spiro atoms. The maximum atomic E-state index is 15.0. The second kappa shape index (κ2) is 9.37. The van der Waals surface area contributed by atoms with Crippen molar-refractivity contribution in [3.63, 3.8) is 0 Å². The Balaban J connectivity index is 1.65. The molecule has 1 saturated carbocycles. The van der Waals surface area contributed by atoms with E-state index in [0.717, 1.165) is 44.2 Å². The highest BCUT2D eigenvalue weighted by Gasteiger charge is 2.49. The van der Waals surface area contributed by atoms with Crippen molar-refractivity contribution in [3.05, 3.63) is 65.5 Å². The van der Waals surface area contributed by atoms with Crippen LogP contribution in [0.25, 0.3) is 21.9 Å². The van der Waals surface area contributed by atoms with Crippen molar-refractivity contribution in [2.45, 2.75) is 50.5 Å². The Morgan fingerprint density at radius 1 is 0.914 bits per heavy atom. The first kappa shape index (κ1) is 25.3. The molecule has 1 fully saturated rings. The van der Waals surface area contributed by atoms with E-state index in [2.05, 4.69) is 11.1 Å². The van der Waals surface area contributed by atoms with Gasteiger partial charge in [0.15, 0.2) is 11.6 Å². The summed E-state index contributed by atoms with van der Waals surface area (Å²) in [4.78, 5) is 0. The van der Waals surface area contributed by atoms with Crippen LogP contribution in [0.4, 0.5) is 26.3 Å². The zero-order valence-electron chi connectivity index (χ0n) is 18.6. The third-order valence-electron chi connectivity index (χ3n) is 6.65. The van der Waals surface area contributed by atoms with E-state index in [1.165, 1.54) is 24.3 Å². The van der Waals surface area contributed by atoms with Crippen LogP contribution in [0, 0.1) is 23.4 Å². The first-order chi connectivity index (χ1) is 16.4. The summed E-state index contributed by atoms with van der Waals surface area (Å²) in [5.41, 5.74) is -5.34. The molecule has 3 nitrogen and oxygen atoms in total. The Labute approximate surface area is 198 Å². The maximum Gasteiger partial charge on any atom is 0.534 e. The average molecular weight is 517 g/mol. The van der Waals surface area contributed by atoms with Crippen LogP contribution in [-0.4, -0.2) is 13.9 Å². The van der Waals surface area contributed by atoms with Crippen molar-refractivity contribution < 1.29 is 38.9 Å². The number of hydrogen-bond acceptors (Lipinski definition) is 3. The van der Waals surface area contributed by atoms with Crippen LogP contribution in [0.2, 0.25) is 0 Å². The lowest BCUT2D eigenvalue weighted by Crippen LogP contribution is -2.28. The number of hydrogen-bond donors (Lipinski definition) is 0. The van der Waals surface area contributed by atoms with Gasteiger partial charge in [0.1, 0.15) is 11.6 Å². The summed E-state index contributed by atoms with van der Waals surface area (Å²) in [5, 5.41) is -0.175. The molecule has 0 atom stereocenters. The SMILES string of the molecule is CCC1CCC(c2cc(F)c(-c3ccc4c(F)c(OS(=O)(=O)C(F)(F)F)ccc4c3)c(F)c2)CC1. The molecular formula is C25H22F6O3S. The molecule has 188 valence electrons. The minimum atomic E-state index is -6.06. The van der Waals surface area contributed by atoms with Crippen molar-refractivity contribution in [1.29, 1.82) is 0 Å². The Morgan fingerprint density at radius 2 is 1.54 bits per heavy atom. The van der Waals surface area contributed by atoms with Crippen LogP contribution in [0.5, 0.6) is 5.75 Å². The van der Waals surface area contributed by atoms with E-state index in [0.29, 0.717) is 17.5 Å². The number of alkyl halides is 3. The standard InChI is InChI=1S/C25H22F6O3S/c1-2-14-3-5-15(6-4-14)18-12-20(26)23(21(27)13-18)17-7-9-19-16(11-17)8-10-22(24(19)28)34-35(32,33)25(29,30)31/h7-15H,2-6H2,1H3. The minimum Gasteiger partial charge on any atom is -0.373 e. The zero-order valence-corrected chi connectivity index (χ0v) is 19.4. The summed E-state index contributed by atoms with van der Waals surface area (Å²) >= 11 is 0. The Morgan fingerprint density at radius 3 is 2.11 bits per heavy atom. The zero-order chi connectivity index (χ0) is 25.5. The Bertz CT molecular complexity index is 1340. The van der Waals surface area contributed by atoms with Gasteiger partial charge in [-0.15, -0.1) is 0 Å². The molecule has 4 rings (SSSR count). The largest absolute Gasteiger partial charge is 0.534 e. The van der Waals surface area contributed by atoms with E-state index in [4.69, 9.17) is 0 Å².